The van der Waals surface area contributed by atoms with Gasteiger partial charge < -0.3 is 15.7 Å². The number of hydrogen-bond acceptors (Lipinski definition) is 4. The average molecular weight is 383 g/mol. The third-order valence-corrected chi connectivity index (χ3v) is 4.90. The number of carbonyl (C=O) groups excluding carboxylic acids is 1. The molecule has 0 saturated carbocycles. The maximum absolute atomic E-state index is 13.3. The first kappa shape index (κ1) is 20.2. The second-order valence-electron chi connectivity index (χ2n) is 7.35. The van der Waals surface area contributed by atoms with E-state index in [1.165, 1.54) is 23.0 Å². The van der Waals surface area contributed by atoms with E-state index in [1.54, 1.807) is 17.9 Å². The molecule has 1 unspecified atom stereocenters. The third-order valence-electron chi connectivity index (χ3n) is 4.90. The van der Waals surface area contributed by atoms with Gasteiger partial charge in [-0.25, -0.2) is 9.07 Å². The van der Waals surface area contributed by atoms with Crippen molar-refractivity contribution in [3.63, 3.8) is 0 Å². The van der Waals surface area contributed by atoms with Crippen LogP contribution in [-0.4, -0.2) is 44.8 Å². The molecular formula is C18H24ClFN4O2. The van der Waals surface area contributed by atoms with E-state index in [9.17, 15) is 14.3 Å². The van der Waals surface area contributed by atoms with Gasteiger partial charge in [-0.15, -0.1) is 12.4 Å². The molecule has 1 aromatic carbocycles. The number of benzene rings is 1. The molecule has 2 heterocycles. The van der Waals surface area contributed by atoms with Gasteiger partial charge in [0.05, 0.1) is 11.9 Å². The van der Waals surface area contributed by atoms with Crippen LogP contribution in [0.1, 0.15) is 36.3 Å². The minimum atomic E-state index is -0.346. The van der Waals surface area contributed by atoms with Crippen molar-refractivity contribution in [1.29, 1.82) is 0 Å². The van der Waals surface area contributed by atoms with Crippen LogP contribution in [0.5, 0.6) is 5.75 Å². The Morgan fingerprint density at radius 3 is 2.73 bits per heavy atom. The van der Waals surface area contributed by atoms with Gasteiger partial charge in [0, 0.05) is 19.1 Å². The summed E-state index contributed by atoms with van der Waals surface area (Å²) in [5, 5.41) is 14.4. The highest BCUT2D eigenvalue weighted by atomic mass is 35.5. The zero-order chi connectivity index (χ0) is 18.4. The van der Waals surface area contributed by atoms with Gasteiger partial charge in [-0.05, 0) is 42.5 Å². The van der Waals surface area contributed by atoms with Crippen molar-refractivity contribution in [2.45, 2.75) is 33.2 Å². The molecule has 142 valence electrons. The number of nitrogens with two attached hydrogens (primary N) is 1. The summed E-state index contributed by atoms with van der Waals surface area (Å²) in [4.78, 5) is 14.5. The molecule has 3 rings (SSSR count). The summed E-state index contributed by atoms with van der Waals surface area (Å²) in [6.07, 6.45) is 2.07. The Balaban J connectivity index is 0.00000243. The number of carbonyl (C=O) groups is 1. The molecule has 0 radical (unpaired) electrons. The second kappa shape index (κ2) is 7.25. The van der Waals surface area contributed by atoms with Gasteiger partial charge in [0.2, 0.25) is 0 Å². The maximum atomic E-state index is 13.3. The van der Waals surface area contributed by atoms with Crippen LogP contribution in [0.15, 0.2) is 24.4 Å². The highest BCUT2D eigenvalue weighted by molar-refractivity contribution is 5.95. The van der Waals surface area contributed by atoms with Crippen LogP contribution in [-0.2, 0) is 0 Å². The Morgan fingerprint density at radius 1 is 1.42 bits per heavy atom. The first-order valence-electron chi connectivity index (χ1n) is 8.29. The molecule has 2 aromatic rings. The molecule has 0 bridgehead atoms. The van der Waals surface area contributed by atoms with E-state index in [0.29, 0.717) is 30.8 Å². The maximum Gasteiger partial charge on any atom is 0.278 e. The van der Waals surface area contributed by atoms with Crippen LogP contribution in [0.2, 0.25) is 0 Å². The van der Waals surface area contributed by atoms with Crippen molar-refractivity contribution in [2.24, 2.45) is 11.1 Å². The lowest BCUT2D eigenvalue weighted by molar-refractivity contribution is 0.0524. The van der Waals surface area contributed by atoms with Crippen LogP contribution >= 0.6 is 12.4 Å². The Kier molecular flexibility index (Phi) is 5.63. The number of aromatic hydroxyl groups is 1. The Hall–Kier alpha value is -2.12. The SMILES string of the molecule is Cc1cc(F)ccc1-n1cc(O)c(C(=O)N2CCC(N)C(C)(C)C2)n1.Cl. The third kappa shape index (κ3) is 3.68. The molecule has 1 saturated heterocycles. The van der Waals surface area contributed by atoms with Crippen molar-refractivity contribution in [2.75, 3.05) is 13.1 Å². The van der Waals surface area contributed by atoms with Crippen LogP contribution in [0.25, 0.3) is 5.69 Å². The molecule has 1 amide bonds. The summed E-state index contributed by atoms with van der Waals surface area (Å²) in [6.45, 7) is 6.84. The fraction of sp³-hybridized carbons (Fsp3) is 0.444. The van der Waals surface area contributed by atoms with E-state index in [0.717, 1.165) is 0 Å². The van der Waals surface area contributed by atoms with E-state index in [4.69, 9.17) is 5.73 Å². The molecule has 1 aromatic heterocycles. The highest BCUT2D eigenvalue weighted by Gasteiger charge is 2.37. The number of piperidine rings is 1. The molecule has 6 nitrogen and oxygen atoms in total. The number of likely N-dealkylation sites (tertiary alicyclic amines) is 1. The average Bonchev–Trinajstić information content (AvgIpc) is 2.90. The number of aromatic nitrogens is 2. The summed E-state index contributed by atoms with van der Waals surface area (Å²) >= 11 is 0. The highest BCUT2D eigenvalue weighted by Crippen LogP contribution is 2.30. The number of aryl methyl sites for hydroxylation is 1. The quantitative estimate of drug-likeness (QED) is 0.836. The van der Waals surface area contributed by atoms with Crippen molar-refractivity contribution in [1.82, 2.24) is 14.7 Å². The lowest BCUT2D eigenvalue weighted by Crippen LogP contribution is -2.54. The summed E-state index contributed by atoms with van der Waals surface area (Å²) in [5.74, 6) is -0.863. The molecule has 3 N–H and O–H groups in total. The monoisotopic (exact) mass is 382 g/mol. The zero-order valence-electron chi connectivity index (χ0n) is 15.1. The summed E-state index contributed by atoms with van der Waals surface area (Å²) in [6, 6.07) is 4.29. The molecule has 26 heavy (non-hydrogen) atoms. The van der Waals surface area contributed by atoms with Gasteiger partial charge in [0.15, 0.2) is 11.4 Å². The molecule has 0 aliphatic carbocycles. The van der Waals surface area contributed by atoms with Crippen molar-refractivity contribution >= 4 is 18.3 Å². The lowest BCUT2D eigenvalue weighted by Gasteiger charge is -2.42. The Labute approximate surface area is 158 Å². The van der Waals surface area contributed by atoms with Gasteiger partial charge in [0.1, 0.15) is 5.82 Å². The number of nitrogens with zero attached hydrogens (tertiary/aromatic N) is 3. The van der Waals surface area contributed by atoms with Crippen molar-refractivity contribution < 1.29 is 14.3 Å². The predicted molar refractivity (Wildman–Crippen MR) is 99.4 cm³/mol. The van der Waals surface area contributed by atoms with E-state index in [2.05, 4.69) is 5.10 Å². The minimum Gasteiger partial charge on any atom is -0.504 e. The van der Waals surface area contributed by atoms with Crippen molar-refractivity contribution in [3.8, 4) is 11.4 Å². The van der Waals surface area contributed by atoms with Crippen LogP contribution in [0.4, 0.5) is 4.39 Å². The number of amides is 1. The number of hydrogen-bond donors (Lipinski definition) is 2. The molecule has 1 aliphatic rings. The molecule has 1 atom stereocenters. The lowest BCUT2D eigenvalue weighted by atomic mass is 9.79. The predicted octanol–water partition coefficient (Wildman–Crippen LogP) is 2.65. The van der Waals surface area contributed by atoms with Crippen molar-refractivity contribution in [3.05, 3.63) is 41.5 Å². The smallest absolute Gasteiger partial charge is 0.278 e. The molecule has 1 aliphatic heterocycles. The van der Waals surface area contributed by atoms with E-state index < -0.39 is 0 Å². The Morgan fingerprint density at radius 2 is 2.12 bits per heavy atom. The van der Waals surface area contributed by atoms with Gasteiger partial charge in [0.25, 0.3) is 5.91 Å². The fourth-order valence-electron chi connectivity index (χ4n) is 3.21. The van der Waals surface area contributed by atoms with Crippen LogP contribution in [0.3, 0.4) is 0 Å². The van der Waals surface area contributed by atoms with Gasteiger partial charge in [-0.3, -0.25) is 4.79 Å². The van der Waals surface area contributed by atoms with Gasteiger partial charge >= 0.3 is 0 Å². The molecule has 1 fully saturated rings. The standard InChI is InChI=1S/C18H23FN4O2.ClH/c1-11-8-12(19)4-5-13(11)23-9-14(24)16(21-23)17(25)22-7-6-15(20)18(2,3)10-22;/h4-5,8-9,15,24H,6-7,10,20H2,1-3H3;1H. The Bertz CT molecular complexity index is 822. The van der Waals surface area contributed by atoms with Crippen LogP contribution in [0, 0.1) is 18.2 Å². The molecule has 8 heteroatoms. The van der Waals surface area contributed by atoms with Gasteiger partial charge in [-0.2, -0.15) is 5.10 Å². The summed E-state index contributed by atoms with van der Waals surface area (Å²) in [7, 11) is 0. The zero-order valence-corrected chi connectivity index (χ0v) is 15.9. The topological polar surface area (TPSA) is 84.4 Å². The van der Waals surface area contributed by atoms with Crippen LogP contribution < -0.4 is 5.73 Å². The number of halogens is 2. The summed E-state index contributed by atoms with van der Waals surface area (Å²) in [5.41, 5.74) is 7.18. The largest absolute Gasteiger partial charge is 0.504 e. The molecular weight excluding hydrogens is 359 g/mol. The van der Waals surface area contributed by atoms with E-state index in [1.807, 2.05) is 13.8 Å². The van der Waals surface area contributed by atoms with E-state index >= 15 is 0 Å². The second-order valence-corrected chi connectivity index (χ2v) is 7.35. The first-order valence-corrected chi connectivity index (χ1v) is 8.29. The van der Waals surface area contributed by atoms with Gasteiger partial charge in [-0.1, -0.05) is 13.8 Å². The number of rotatable bonds is 2. The summed E-state index contributed by atoms with van der Waals surface area (Å²) < 4.78 is 14.7. The normalized spacial score (nSPS) is 19.1. The first-order chi connectivity index (χ1) is 11.7. The molecule has 0 spiro atoms. The minimum absolute atomic E-state index is 0. The van der Waals surface area contributed by atoms with E-state index in [-0.39, 0.29) is 47.0 Å². The fourth-order valence-corrected chi connectivity index (χ4v) is 3.21.